The largest absolute Gasteiger partial charge is 0.468 e. The Bertz CT molecular complexity index is 998. The smallest absolute Gasteiger partial charge is 0.291 e. The summed E-state index contributed by atoms with van der Waals surface area (Å²) in [4.78, 5) is 25.2. The predicted octanol–water partition coefficient (Wildman–Crippen LogP) is 4.82. The Morgan fingerprint density at radius 2 is 1.90 bits per heavy atom. The summed E-state index contributed by atoms with van der Waals surface area (Å²) >= 11 is 0. The lowest BCUT2D eigenvalue weighted by Crippen LogP contribution is -2.45. The van der Waals surface area contributed by atoms with Gasteiger partial charge in [0.25, 0.3) is 5.95 Å². The molecule has 0 aromatic carbocycles. The van der Waals surface area contributed by atoms with E-state index < -0.39 is 11.0 Å². The van der Waals surface area contributed by atoms with Gasteiger partial charge in [-0.25, -0.2) is 0 Å². The molecule has 0 unspecified atom stereocenters. The van der Waals surface area contributed by atoms with Gasteiger partial charge in [-0.05, 0) is 47.1 Å². The summed E-state index contributed by atoms with van der Waals surface area (Å²) < 4.78 is 17.8. The zero-order chi connectivity index (χ0) is 22.6. The molecule has 0 amide bonds. The number of ketones is 1. The molecular weight excluding hydrogens is 380 g/mol. The van der Waals surface area contributed by atoms with E-state index in [0.717, 1.165) is 11.1 Å². The van der Waals surface area contributed by atoms with Crippen molar-refractivity contribution in [2.45, 2.75) is 78.9 Å². The van der Waals surface area contributed by atoms with Gasteiger partial charge in [0.2, 0.25) is 0 Å². The first kappa shape index (κ1) is 22.5. The first-order chi connectivity index (χ1) is 13.9. The number of Topliss-reactive ketones (excluding diaryl/α,β-unsaturated/α-hetero) is 1. The van der Waals surface area contributed by atoms with Crippen LogP contribution in [0.15, 0.2) is 32.5 Å². The molecule has 30 heavy (non-hydrogen) atoms. The Labute approximate surface area is 179 Å². The normalized spacial score (nSPS) is 31.6. The number of methoxy groups -OCH3 is 1. The molecule has 1 aliphatic carbocycles. The van der Waals surface area contributed by atoms with Crippen LogP contribution >= 0.6 is 0 Å². The fourth-order valence-electron chi connectivity index (χ4n) is 5.67. The average molecular weight is 415 g/mol. The van der Waals surface area contributed by atoms with E-state index in [4.69, 9.17) is 13.9 Å². The molecule has 5 nitrogen and oxygen atoms in total. The van der Waals surface area contributed by atoms with Gasteiger partial charge in [0.15, 0.2) is 5.43 Å². The third kappa shape index (κ3) is 3.27. The molecular formula is C25H34O5. The average Bonchev–Trinajstić information content (AvgIpc) is 3.37. The Kier molecular flexibility index (Phi) is 5.65. The predicted molar refractivity (Wildman–Crippen MR) is 117 cm³/mol. The van der Waals surface area contributed by atoms with Crippen LogP contribution in [-0.4, -0.2) is 24.6 Å². The van der Waals surface area contributed by atoms with E-state index in [1.807, 2.05) is 26.8 Å². The highest BCUT2D eigenvalue weighted by Gasteiger charge is 2.66. The first-order valence-electron chi connectivity index (χ1n) is 10.7. The van der Waals surface area contributed by atoms with Crippen LogP contribution in [0.5, 0.6) is 5.95 Å². The number of hydrogen-bond acceptors (Lipinski definition) is 5. The van der Waals surface area contributed by atoms with Crippen molar-refractivity contribution in [1.82, 2.24) is 0 Å². The van der Waals surface area contributed by atoms with E-state index in [1.165, 1.54) is 7.11 Å². The molecule has 0 radical (unpaired) electrons. The number of ether oxygens (including phenoxy) is 2. The Morgan fingerprint density at radius 1 is 1.27 bits per heavy atom. The summed E-state index contributed by atoms with van der Waals surface area (Å²) in [6.45, 7) is 15.7. The maximum absolute atomic E-state index is 12.9. The summed E-state index contributed by atoms with van der Waals surface area (Å²) in [5.74, 6) is 0.785. The molecule has 0 saturated carbocycles. The van der Waals surface area contributed by atoms with Gasteiger partial charge in [0, 0.05) is 23.8 Å². The molecule has 3 rings (SSSR count). The number of rotatable bonds is 6. The zero-order valence-corrected chi connectivity index (χ0v) is 19.6. The molecule has 1 fully saturated rings. The van der Waals surface area contributed by atoms with Gasteiger partial charge in [0.05, 0.1) is 18.1 Å². The second-order valence-electron chi connectivity index (χ2n) is 9.31. The molecule has 1 saturated heterocycles. The van der Waals surface area contributed by atoms with Crippen LogP contribution in [0.3, 0.4) is 0 Å². The van der Waals surface area contributed by atoms with Crippen molar-refractivity contribution < 1.29 is 18.7 Å². The summed E-state index contributed by atoms with van der Waals surface area (Å²) in [6, 6.07) is 0. The quantitative estimate of drug-likeness (QED) is 0.493. The van der Waals surface area contributed by atoms with Crippen molar-refractivity contribution in [2.75, 3.05) is 7.11 Å². The van der Waals surface area contributed by atoms with Gasteiger partial charge in [0.1, 0.15) is 23.2 Å². The van der Waals surface area contributed by atoms with Crippen molar-refractivity contribution in [3.63, 3.8) is 0 Å². The second kappa shape index (κ2) is 7.52. The van der Waals surface area contributed by atoms with Crippen LogP contribution in [0.25, 0.3) is 0 Å². The molecule has 0 N–H and O–H groups in total. The van der Waals surface area contributed by atoms with Crippen molar-refractivity contribution in [1.29, 1.82) is 0 Å². The molecule has 2 heterocycles. The maximum atomic E-state index is 12.9. The minimum atomic E-state index is -0.619. The van der Waals surface area contributed by atoms with Gasteiger partial charge in [-0.3, -0.25) is 9.59 Å². The lowest BCUT2D eigenvalue weighted by atomic mass is 9.60. The van der Waals surface area contributed by atoms with E-state index in [2.05, 4.69) is 33.8 Å². The molecule has 164 valence electrons. The van der Waals surface area contributed by atoms with Crippen LogP contribution in [0.1, 0.15) is 64.9 Å². The second-order valence-corrected chi connectivity index (χ2v) is 9.31. The van der Waals surface area contributed by atoms with Gasteiger partial charge >= 0.3 is 0 Å². The minimum absolute atomic E-state index is 0.0375. The summed E-state index contributed by atoms with van der Waals surface area (Å²) in [5.41, 5.74) is 2.15. The van der Waals surface area contributed by atoms with Crippen molar-refractivity contribution in [3.8, 4) is 5.95 Å². The fourth-order valence-corrected chi connectivity index (χ4v) is 5.67. The van der Waals surface area contributed by atoms with E-state index in [9.17, 15) is 9.59 Å². The summed E-state index contributed by atoms with van der Waals surface area (Å²) in [7, 11) is 1.51. The van der Waals surface area contributed by atoms with Crippen LogP contribution in [-0.2, 0) is 14.9 Å². The van der Waals surface area contributed by atoms with Crippen LogP contribution in [0, 0.1) is 25.7 Å². The zero-order valence-electron chi connectivity index (χ0n) is 19.6. The highest BCUT2D eigenvalue weighted by Crippen LogP contribution is 2.60. The number of allylic oxidation sites excluding steroid dienone is 2. The van der Waals surface area contributed by atoms with E-state index in [-0.39, 0.29) is 35.1 Å². The molecule has 0 bridgehead atoms. The number of fused-ring (bicyclic) bond motifs is 1. The van der Waals surface area contributed by atoms with Gasteiger partial charge in [-0.2, -0.15) is 0 Å². The standard InChI is InChI=1S/C25H34O5/c1-10-18(26)13(2)11-14(3)20-24(7,12-15(4)21-25(20,8)30-21)22-16(5)19(27)17(6)23(28-9)29-22/h11-13,20-21H,10H2,1-9H3/t13-,20+,21-,24-,25+/m1/s1. The van der Waals surface area contributed by atoms with E-state index in [1.54, 1.807) is 6.92 Å². The molecule has 1 aromatic rings. The SMILES string of the molecule is CCC(=O)[C@H](C)C=C(C)[C@@H]1[C@]2(C)O[C@@H]2C(C)=C[C@@]1(C)c1oc(OC)c(C)c(=O)c1C. The monoisotopic (exact) mass is 414 g/mol. The van der Waals surface area contributed by atoms with E-state index >= 15 is 0 Å². The van der Waals surface area contributed by atoms with Crippen LogP contribution < -0.4 is 10.2 Å². The number of carbonyl (C=O) groups is 1. The van der Waals surface area contributed by atoms with Crippen LogP contribution in [0.2, 0.25) is 0 Å². The molecule has 0 spiro atoms. The first-order valence-corrected chi connectivity index (χ1v) is 10.7. The maximum Gasteiger partial charge on any atom is 0.291 e. The van der Waals surface area contributed by atoms with Gasteiger partial charge in [-0.1, -0.05) is 31.6 Å². The summed E-state index contributed by atoms with van der Waals surface area (Å²) in [6.07, 6.45) is 4.76. The molecule has 5 heteroatoms. The molecule has 2 aliphatic rings. The topological polar surface area (TPSA) is 69.0 Å². The molecule has 5 atom stereocenters. The van der Waals surface area contributed by atoms with Crippen molar-refractivity contribution >= 4 is 5.78 Å². The van der Waals surface area contributed by atoms with Crippen LogP contribution in [0.4, 0.5) is 0 Å². The number of epoxide rings is 1. The highest BCUT2D eigenvalue weighted by atomic mass is 16.6. The Morgan fingerprint density at radius 3 is 2.47 bits per heavy atom. The minimum Gasteiger partial charge on any atom is -0.468 e. The highest BCUT2D eigenvalue weighted by molar-refractivity contribution is 5.82. The lowest BCUT2D eigenvalue weighted by molar-refractivity contribution is -0.120. The van der Waals surface area contributed by atoms with Gasteiger partial charge < -0.3 is 13.9 Å². The van der Waals surface area contributed by atoms with E-state index in [0.29, 0.717) is 23.3 Å². The summed E-state index contributed by atoms with van der Waals surface area (Å²) in [5, 5.41) is 0. The third-order valence-electron chi connectivity index (χ3n) is 6.97. The Hall–Kier alpha value is -2.14. The third-order valence-corrected chi connectivity index (χ3v) is 6.97. The fraction of sp³-hybridized carbons (Fsp3) is 0.600. The Balaban J connectivity index is 2.24. The number of hydrogen-bond donors (Lipinski definition) is 0. The molecule has 1 aromatic heterocycles. The molecule has 1 aliphatic heterocycles. The van der Waals surface area contributed by atoms with Crippen molar-refractivity contribution in [2.24, 2.45) is 11.8 Å². The van der Waals surface area contributed by atoms with Gasteiger partial charge in [-0.15, -0.1) is 0 Å². The number of carbonyl (C=O) groups excluding carboxylic acids is 1. The van der Waals surface area contributed by atoms with Crippen molar-refractivity contribution in [3.05, 3.63) is 50.4 Å². The lowest BCUT2D eigenvalue weighted by Gasteiger charge is -2.42.